The van der Waals surface area contributed by atoms with Crippen molar-refractivity contribution in [3.63, 3.8) is 0 Å². The van der Waals surface area contributed by atoms with E-state index in [2.05, 4.69) is 20.1 Å². The number of aromatic nitrogens is 3. The van der Waals surface area contributed by atoms with Crippen LogP contribution in [0.15, 0.2) is 17.3 Å². The van der Waals surface area contributed by atoms with E-state index in [4.69, 9.17) is 0 Å². The molecule has 0 saturated carbocycles. The molecule has 0 bridgehead atoms. The van der Waals surface area contributed by atoms with Crippen LogP contribution in [0, 0.1) is 6.92 Å². The first kappa shape index (κ1) is 16.1. The topological polar surface area (TPSA) is 88.9 Å². The molecule has 0 saturated heterocycles. The number of hydrogen-bond donors (Lipinski definition) is 2. The monoisotopic (exact) mass is 329 g/mol. The summed E-state index contributed by atoms with van der Waals surface area (Å²) in [6, 6.07) is 1.72. The van der Waals surface area contributed by atoms with E-state index in [9.17, 15) is 8.42 Å². The lowest BCUT2D eigenvalue weighted by atomic mass is 10.4. The molecule has 21 heavy (non-hydrogen) atoms. The van der Waals surface area contributed by atoms with E-state index in [1.54, 1.807) is 13.1 Å². The average molecular weight is 329 g/mol. The summed E-state index contributed by atoms with van der Waals surface area (Å²) < 4.78 is 28.7. The molecule has 2 heterocycles. The van der Waals surface area contributed by atoms with Crippen molar-refractivity contribution in [2.75, 3.05) is 6.54 Å². The molecule has 0 spiro atoms. The first-order valence-corrected chi connectivity index (χ1v) is 8.86. The van der Waals surface area contributed by atoms with E-state index in [-0.39, 0.29) is 6.54 Å². The van der Waals surface area contributed by atoms with Gasteiger partial charge in [0.05, 0.1) is 11.4 Å². The number of rotatable bonds is 7. The molecule has 7 nitrogen and oxygen atoms in total. The molecule has 2 N–H and O–H groups in total. The number of aryl methyl sites for hydroxylation is 2. The van der Waals surface area contributed by atoms with Gasteiger partial charge in [0.2, 0.25) is 10.0 Å². The zero-order valence-corrected chi connectivity index (χ0v) is 13.9. The van der Waals surface area contributed by atoms with Crippen molar-refractivity contribution in [3.05, 3.63) is 28.0 Å². The molecule has 116 valence electrons. The summed E-state index contributed by atoms with van der Waals surface area (Å²) in [5.41, 5.74) is 0. The van der Waals surface area contributed by atoms with Crippen LogP contribution in [0.5, 0.6) is 0 Å². The van der Waals surface area contributed by atoms with Crippen LogP contribution in [0.25, 0.3) is 0 Å². The molecule has 2 aromatic heterocycles. The highest BCUT2D eigenvalue weighted by Crippen LogP contribution is 2.25. The highest BCUT2D eigenvalue weighted by molar-refractivity contribution is 7.89. The van der Waals surface area contributed by atoms with Crippen LogP contribution >= 0.6 is 11.3 Å². The lowest BCUT2D eigenvalue weighted by molar-refractivity contribution is 0.578. The Morgan fingerprint density at radius 2 is 2.14 bits per heavy atom. The molecule has 0 aliphatic heterocycles. The quantitative estimate of drug-likeness (QED) is 0.783. The maximum Gasteiger partial charge on any atom is 0.242 e. The zero-order valence-electron chi connectivity index (χ0n) is 12.3. The van der Waals surface area contributed by atoms with Crippen LogP contribution in [0.1, 0.15) is 22.5 Å². The summed E-state index contributed by atoms with van der Waals surface area (Å²) in [5, 5.41) is 7.24. The lowest BCUT2D eigenvalue weighted by Crippen LogP contribution is -2.24. The molecular formula is C12H19N5O2S2. The first-order valence-electron chi connectivity index (χ1n) is 6.56. The van der Waals surface area contributed by atoms with Gasteiger partial charge in [0.1, 0.15) is 6.33 Å². The van der Waals surface area contributed by atoms with Crippen molar-refractivity contribution >= 4 is 21.4 Å². The molecule has 0 fully saturated rings. The number of nitrogens with one attached hydrogen (secondary N) is 2. The van der Waals surface area contributed by atoms with E-state index in [0.29, 0.717) is 17.3 Å². The minimum Gasteiger partial charge on any atom is -0.312 e. The molecule has 0 unspecified atom stereocenters. The summed E-state index contributed by atoms with van der Waals surface area (Å²) in [4.78, 5) is 6.12. The fourth-order valence-corrected chi connectivity index (χ4v) is 4.41. The van der Waals surface area contributed by atoms with Crippen LogP contribution in [0.2, 0.25) is 0 Å². The normalized spacial score (nSPS) is 12.0. The molecule has 2 aromatic rings. The van der Waals surface area contributed by atoms with Gasteiger partial charge in [0.25, 0.3) is 0 Å². The van der Waals surface area contributed by atoms with Crippen molar-refractivity contribution in [2.45, 2.75) is 31.8 Å². The molecule has 0 aliphatic carbocycles. The Labute approximate surface area is 128 Å². The summed E-state index contributed by atoms with van der Waals surface area (Å²) in [6.07, 6.45) is 1.54. The van der Waals surface area contributed by atoms with Crippen molar-refractivity contribution in [2.24, 2.45) is 7.05 Å². The standard InChI is InChI=1S/C12H19N5O2S2/c1-4-13-6-10-5-11(9(2)20-10)21(18,19)15-7-12-14-8-17(3)16-12/h5,8,13,15H,4,6-7H2,1-3H3. The van der Waals surface area contributed by atoms with Gasteiger partial charge in [-0.3, -0.25) is 4.68 Å². The number of hydrogen-bond acceptors (Lipinski definition) is 6. The second kappa shape index (κ2) is 6.65. The first-order chi connectivity index (χ1) is 9.92. The SMILES string of the molecule is CCNCc1cc(S(=O)(=O)NCc2ncn(C)n2)c(C)s1. The highest BCUT2D eigenvalue weighted by atomic mass is 32.2. The van der Waals surface area contributed by atoms with E-state index >= 15 is 0 Å². The lowest BCUT2D eigenvalue weighted by Gasteiger charge is -2.03. The van der Waals surface area contributed by atoms with E-state index < -0.39 is 10.0 Å². The Morgan fingerprint density at radius 3 is 2.76 bits per heavy atom. The smallest absolute Gasteiger partial charge is 0.242 e. The summed E-state index contributed by atoms with van der Waals surface area (Å²) in [5.74, 6) is 0.446. The van der Waals surface area contributed by atoms with Gasteiger partial charge in [-0.1, -0.05) is 6.92 Å². The van der Waals surface area contributed by atoms with Crippen LogP contribution in [0.4, 0.5) is 0 Å². The number of nitrogens with zero attached hydrogens (tertiary/aromatic N) is 3. The van der Waals surface area contributed by atoms with Crippen molar-refractivity contribution in [1.29, 1.82) is 0 Å². The summed E-state index contributed by atoms with van der Waals surface area (Å²) in [6.45, 7) is 5.44. The second-order valence-corrected chi connectivity index (χ2v) is 7.65. The van der Waals surface area contributed by atoms with Gasteiger partial charge in [-0.05, 0) is 19.5 Å². The van der Waals surface area contributed by atoms with Gasteiger partial charge in [-0.25, -0.2) is 18.1 Å². The zero-order chi connectivity index (χ0) is 15.5. The maximum atomic E-state index is 12.3. The minimum atomic E-state index is -3.54. The predicted molar refractivity (Wildman–Crippen MR) is 81.5 cm³/mol. The second-order valence-electron chi connectivity index (χ2n) is 4.57. The third kappa shape index (κ3) is 4.10. The minimum absolute atomic E-state index is 0.0843. The van der Waals surface area contributed by atoms with Crippen LogP contribution in [0.3, 0.4) is 0 Å². The van der Waals surface area contributed by atoms with Crippen LogP contribution in [-0.2, 0) is 30.2 Å². The van der Waals surface area contributed by atoms with Crippen molar-refractivity contribution in [3.8, 4) is 0 Å². The molecule has 2 rings (SSSR count). The molecule has 0 radical (unpaired) electrons. The van der Waals surface area contributed by atoms with Gasteiger partial charge in [0, 0.05) is 23.3 Å². The highest BCUT2D eigenvalue weighted by Gasteiger charge is 2.20. The Kier molecular flexibility index (Phi) is 5.09. The fourth-order valence-electron chi connectivity index (χ4n) is 1.83. The summed E-state index contributed by atoms with van der Waals surface area (Å²) >= 11 is 1.49. The molecule has 9 heteroatoms. The largest absolute Gasteiger partial charge is 0.312 e. The fraction of sp³-hybridized carbons (Fsp3) is 0.500. The maximum absolute atomic E-state index is 12.3. The summed E-state index contributed by atoms with van der Waals surface area (Å²) in [7, 11) is -1.80. The van der Waals surface area contributed by atoms with E-state index in [0.717, 1.165) is 16.3 Å². The Morgan fingerprint density at radius 1 is 1.38 bits per heavy atom. The van der Waals surface area contributed by atoms with Gasteiger partial charge >= 0.3 is 0 Å². The molecule has 0 aliphatic rings. The Balaban J connectivity index is 2.09. The van der Waals surface area contributed by atoms with Gasteiger partial charge in [-0.2, -0.15) is 5.10 Å². The Bertz CT molecular complexity index is 705. The molecule has 0 amide bonds. The number of sulfonamides is 1. The van der Waals surface area contributed by atoms with Crippen LogP contribution in [-0.4, -0.2) is 29.7 Å². The molecule has 0 atom stereocenters. The van der Waals surface area contributed by atoms with Crippen molar-refractivity contribution < 1.29 is 8.42 Å². The molecular weight excluding hydrogens is 310 g/mol. The van der Waals surface area contributed by atoms with Gasteiger partial charge < -0.3 is 5.32 Å². The molecule has 0 aromatic carbocycles. The number of thiophene rings is 1. The predicted octanol–water partition coefficient (Wildman–Crippen LogP) is 0.773. The van der Waals surface area contributed by atoms with Crippen LogP contribution < -0.4 is 10.0 Å². The van der Waals surface area contributed by atoms with E-state index in [1.807, 2.05) is 13.8 Å². The third-order valence-electron chi connectivity index (χ3n) is 2.83. The van der Waals surface area contributed by atoms with Crippen molar-refractivity contribution in [1.82, 2.24) is 24.8 Å². The van der Waals surface area contributed by atoms with Gasteiger partial charge in [0.15, 0.2) is 5.82 Å². The Hall–Kier alpha value is -1.29. The van der Waals surface area contributed by atoms with E-state index in [1.165, 1.54) is 22.3 Å². The van der Waals surface area contributed by atoms with Gasteiger partial charge in [-0.15, -0.1) is 11.3 Å². The average Bonchev–Trinajstić information content (AvgIpc) is 3.00. The third-order valence-corrected chi connectivity index (χ3v) is 5.54.